The van der Waals surface area contributed by atoms with Crippen molar-refractivity contribution in [3.8, 4) is 0 Å². The molecule has 0 atom stereocenters. The second kappa shape index (κ2) is 5.40. The Morgan fingerprint density at radius 2 is 1.74 bits per heavy atom. The van der Waals surface area contributed by atoms with Crippen LogP contribution < -0.4 is 0 Å². The molecule has 1 aliphatic heterocycles. The van der Waals surface area contributed by atoms with Gasteiger partial charge in [-0.2, -0.15) is 0 Å². The van der Waals surface area contributed by atoms with Gasteiger partial charge in [0, 0.05) is 18.7 Å². The van der Waals surface area contributed by atoms with E-state index >= 15 is 0 Å². The number of amides is 1. The molecule has 0 unspecified atom stereocenters. The number of carbonyl (C=O) groups excluding carboxylic acids is 1. The predicted molar refractivity (Wildman–Crippen MR) is 68.8 cm³/mol. The second-order valence-corrected chi connectivity index (χ2v) is 4.95. The molecule has 1 fully saturated rings. The number of rotatable bonds is 3. The Hall–Kier alpha value is -1.88. The molecule has 1 aromatic rings. The molecule has 1 aromatic carbocycles. The maximum absolute atomic E-state index is 12.2. The van der Waals surface area contributed by atoms with Crippen LogP contribution in [0, 0.1) is 0 Å². The quantitative estimate of drug-likeness (QED) is 0.857. The zero-order valence-corrected chi connectivity index (χ0v) is 10.6. The SMILES string of the molecule is O=C(O)CC1(O)CCN(C(=O)c2ccccc2)CC1. The maximum Gasteiger partial charge on any atom is 0.306 e. The number of aliphatic carboxylic acids is 1. The van der Waals surface area contributed by atoms with E-state index < -0.39 is 11.6 Å². The Morgan fingerprint density at radius 3 is 2.26 bits per heavy atom. The van der Waals surface area contributed by atoms with Gasteiger partial charge in [0.05, 0.1) is 12.0 Å². The first-order valence-corrected chi connectivity index (χ1v) is 6.29. The summed E-state index contributed by atoms with van der Waals surface area (Å²) < 4.78 is 0. The third-order valence-corrected chi connectivity index (χ3v) is 3.48. The van der Waals surface area contributed by atoms with Crippen molar-refractivity contribution in [1.82, 2.24) is 4.90 Å². The molecule has 1 saturated heterocycles. The highest BCUT2D eigenvalue weighted by atomic mass is 16.4. The van der Waals surface area contributed by atoms with Gasteiger partial charge < -0.3 is 15.1 Å². The topological polar surface area (TPSA) is 77.8 Å². The molecule has 0 aromatic heterocycles. The molecule has 19 heavy (non-hydrogen) atoms. The molecule has 0 radical (unpaired) electrons. The second-order valence-electron chi connectivity index (χ2n) is 4.95. The molecule has 2 N–H and O–H groups in total. The van der Waals surface area contributed by atoms with Gasteiger partial charge in [0.2, 0.25) is 0 Å². The smallest absolute Gasteiger partial charge is 0.306 e. The molecule has 5 nitrogen and oxygen atoms in total. The summed E-state index contributed by atoms with van der Waals surface area (Å²) >= 11 is 0. The minimum Gasteiger partial charge on any atom is -0.481 e. The van der Waals surface area contributed by atoms with Crippen LogP contribution in [0.4, 0.5) is 0 Å². The molecule has 0 saturated carbocycles. The van der Waals surface area contributed by atoms with Crippen LogP contribution in [-0.2, 0) is 4.79 Å². The van der Waals surface area contributed by atoms with Crippen molar-refractivity contribution in [2.75, 3.05) is 13.1 Å². The largest absolute Gasteiger partial charge is 0.481 e. The molecule has 0 aliphatic carbocycles. The molecule has 1 aliphatic rings. The maximum atomic E-state index is 12.2. The highest BCUT2D eigenvalue weighted by molar-refractivity contribution is 5.94. The van der Waals surface area contributed by atoms with E-state index in [0.29, 0.717) is 31.5 Å². The number of aliphatic hydroxyl groups is 1. The molecule has 1 heterocycles. The summed E-state index contributed by atoms with van der Waals surface area (Å²) in [5.41, 5.74) is -0.564. The van der Waals surface area contributed by atoms with E-state index in [2.05, 4.69) is 0 Å². The number of nitrogens with zero attached hydrogens (tertiary/aromatic N) is 1. The number of benzene rings is 1. The van der Waals surface area contributed by atoms with Crippen molar-refractivity contribution in [2.24, 2.45) is 0 Å². The minimum absolute atomic E-state index is 0.0713. The van der Waals surface area contributed by atoms with Crippen LogP contribution in [0.2, 0.25) is 0 Å². The van der Waals surface area contributed by atoms with Crippen LogP contribution in [-0.4, -0.2) is 45.7 Å². The van der Waals surface area contributed by atoms with Crippen molar-refractivity contribution >= 4 is 11.9 Å². The third kappa shape index (κ3) is 3.32. The van der Waals surface area contributed by atoms with Crippen LogP contribution in [0.3, 0.4) is 0 Å². The minimum atomic E-state index is -1.18. The molecular formula is C14H17NO4. The summed E-state index contributed by atoms with van der Waals surface area (Å²) in [5.74, 6) is -1.08. The van der Waals surface area contributed by atoms with Gasteiger partial charge in [-0.25, -0.2) is 0 Å². The summed E-state index contributed by atoms with van der Waals surface area (Å²) in [4.78, 5) is 24.5. The van der Waals surface area contributed by atoms with Crippen LogP contribution in [0.1, 0.15) is 29.6 Å². The van der Waals surface area contributed by atoms with E-state index in [-0.39, 0.29) is 12.3 Å². The summed E-state index contributed by atoms with van der Waals surface area (Å²) in [6.45, 7) is 0.773. The Labute approximate surface area is 111 Å². The van der Waals surface area contributed by atoms with E-state index in [1.165, 1.54) is 0 Å². The van der Waals surface area contributed by atoms with E-state index in [1.54, 1.807) is 29.2 Å². The number of carboxylic acids is 1. The zero-order chi connectivity index (χ0) is 13.9. The van der Waals surface area contributed by atoms with Crippen LogP contribution in [0.15, 0.2) is 30.3 Å². The van der Waals surface area contributed by atoms with E-state index in [1.807, 2.05) is 6.07 Å². The first kappa shape index (κ1) is 13.5. The number of hydrogen-bond donors (Lipinski definition) is 2. The van der Waals surface area contributed by atoms with Gasteiger partial charge in [0.1, 0.15) is 0 Å². The molecule has 0 bridgehead atoms. The van der Waals surface area contributed by atoms with Crippen molar-refractivity contribution < 1.29 is 19.8 Å². The lowest BCUT2D eigenvalue weighted by molar-refractivity contribution is -0.144. The van der Waals surface area contributed by atoms with Gasteiger partial charge in [-0.3, -0.25) is 9.59 Å². The summed E-state index contributed by atoms with van der Waals surface area (Å²) in [5, 5.41) is 18.8. The number of hydrogen-bond acceptors (Lipinski definition) is 3. The average molecular weight is 263 g/mol. The monoisotopic (exact) mass is 263 g/mol. The fourth-order valence-electron chi connectivity index (χ4n) is 2.35. The van der Waals surface area contributed by atoms with Crippen molar-refractivity contribution in [3.63, 3.8) is 0 Å². The van der Waals surface area contributed by atoms with Crippen molar-refractivity contribution in [2.45, 2.75) is 24.9 Å². The summed E-state index contributed by atoms with van der Waals surface area (Å²) in [7, 11) is 0. The van der Waals surface area contributed by atoms with Crippen LogP contribution >= 0.6 is 0 Å². The van der Waals surface area contributed by atoms with E-state index in [9.17, 15) is 14.7 Å². The lowest BCUT2D eigenvalue weighted by atomic mass is 9.88. The first-order chi connectivity index (χ1) is 9.00. The van der Waals surface area contributed by atoms with Crippen LogP contribution in [0.5, 0.6) is 0 Å². The van der Waals surface area contributed by atoms with Gasteiger partial charge in [-0.15, -0.1) is 0 Å². The number of carbonyl (C=O) groups is 2. The number of piperidine rings is 1. The summed E-state index contributed by atoms with van der Waals surface area (Å²) in [6, 6.07) is 8.95. The van der Waals surface area contributed by atoms with Crippen LogP contribution in [0.25, 0.3) is 0 Å². The Bertz CT molecular complexity index is 464. The standard InChI is InChI=1S/C14H17NO4/c16-12(17)10-14(19)6-8-15(9-7-14)13(18)11-4-2-1-3-5-11/h1-5,19H,6-10H2,(H,16,17). The molecule has 102 valence electrons. The zero-order valence-electron chi connectivity index (χ0n) is 10.6. The normalized spacial score (nSPS) is 18.1. The van der Waals surface area contributed by atoms with Crippen molar-refractivity contribution in [1.29, 1.82) is 0 Å². The lowest BCUT2D eigenvalue weighted by Crippen LogP contribution is -2.47. The van der Waals surface area contributed by atoms with Gasteiger partial charge in [-0.1, -0.05) is 18.2 Å². The van der Waals surface area contributed by atoms with Gasteiger partial charge in [0.25, 0.3) is 5.91 Å². The van der Waals surface area contributed by atoms with Gasteiger partial charge in [-0.05, 0) is 25.0 Å². The first-order valence-electron chi connectivity index (χ1n) is 6.29. The van der Waals surface area contributed by atoms with Gasteiger partial charge in [0.15, 0.2) is 0 Å². The predicted octanol–water partition coefficient (Wildman–Crippen LogP) is 1.13. The Kier molecular flexibility index (Phi) is 3.85. The fraction of sp³-hybridized carbons (Fsp3) is 0.429. The number of likely N-dealkylation sites (tertiary alicyclic amines) is 1. The molecule has 5 heteroatoms. The summed E-state index contributed by atoms with van der Waals surface area (Å²) in [6.07, 6.45) is 0.343. The third-order valence-electron chi connectivity index (χ3n) is 3.48. The van der Waals surface area contributed by atoms with Gasteiger partial charge >= 0.3 is 5.97 Å². The fourth-order valence-corrected chi connectivity index (χ4v) is 2.35. The Balaban J connectivity index is 1.97. The highest BCUT2D eigenvalue weighted by Gasteiger charge is 2.35. The highest BCUT2D eigenvalue weighted by Crippen LogP contribution is 2.26. The van der Waals surface area contributed by atoms with E-state index in [4.69, 9.17) is 5.11 Å². The molecular weight excluding hydrogens is 246 g/mol. The Morgan fingerprint density at radius 1 is 1.16 bits per heavy atom. The lowest BCUT2D eigenvalue weighted by Gasteiger charge is -2.37. The molecule has 2 rings (SSSR count). The average Bonchev–Trinajstić information content (AvgIpc) is 2.38. The number of carboxylic acid groups (broad SMARTS) is 1. The van der Waals surface area contributed by atoms with Crippen molar-refractivity contribution in [3.05, 3.63) is 35.9 Å². The molecule has 1 amide bonds. The molecule has 0 spiro atoms. The van der Waals surface area contributed by atoms with E-state index in [0.717, 1.165) is 0 Å².